The van der Waals surface area contributed by atoms with Gasteiger partial charge in [-0.1, -0.05) is 11.8 Å². The van der Waals surface area contributed by atoms with E-state index >= 15 is 0 Å². The number of hydrogen-bond acceptors (Lipinski definition) is 5. The number of thioether (sulfide) groups is 1. The van der Waals surface area contributed by atoms with Gasteiger partial charge in [0.05, 0.1) is 12.3 Å². The Kier molecular flexibility index (Phi) is 3.01. The molecule has 1 aliphatic heterocycles. The lowest BCUT2D eigenvalue weighted by molar-refractivity contribution is -0.141. The standard InChI is InChI=1S/C10H10N2O2S/c1-2-14-10(13)8-6-12-7-4-3-5-11-9(7)15-8/h3-6,8H,2H2,1H3. The van der Waals surface area contributed by atoms with E-state index in [9.17, 15) is 4.79 Å². The number of aromatic nitrogens is 1. The third-order valence-corrected chi connectivity index (χ3v) is 2.96. The Balaban J connectivity index is 2.15. The van der Waals surface area contributed by atoms with Gasteiger partial charge in [0.25, 0.3) is 0 Å². The van der Waals surface area contributed by atoms with Gasteiger partial charge >= 0.3 is 5.97 Å². The van der Waals surface area contributed by atoms with E-state index in [1.54, 1.807) is 19.3 Å². The first-order valence-corrected chi connectivity index (χ1v) is 5.51. The Hall–Kier alpha value is -1.36. The largest absolute Gasteiger partial charge is 0.465 e. The van der Waals surface area contributed by atoms with Crippen molar-refractivity contribution in [3.05, 3.63) is 18.3 Å². The van der Waals surface area contributed by atoms with Crippen LogP contribution in [0.2, 0.25) is 0 Å². The number of hydrogen-bond donors (Lipinski definition) is 0. The molecule has 0 fully saturated rings. The van der Waals surface area contributed by atoms with Gasteiger partial charge in [-0.15, -0.1) is 0 Å². The lowest BCUT2D eigenvalue weighted by Crippen LogP contribution is -2.23. The molecular weight excluding hydrogens is 212 g/mol. The van der Waals surface area contributed by atoms with Gasteiger partial charge in [-0.05, 0) is 19.1 Å². The second-order valence-corrected chi connectivity index (χ2v) is 4.03. The molecule has 1 atom stereocenters. The Bertz CT molecular complexity index is 406. The number of aliphatic imine (C=N–C) groups is 1. The zero-order valence-corrected chi connectivity index (χ0v) is 9.03. The Morgan fingerprint density at radius 1 is 1.67 bits per heavy atom. The molecule has 15 heavy (non-hydrogen) atoms. The number of fused-ring (bicyclic) bond motifs is 1. The summed E-state index contributed by atoms with van der Waals surface area (Å²) in [7, 11) is 0. The summed E-state index contributed by atoms with van der Waals surface area (Å²) in [5.41, 5.74) is 0.808. The maximum absolute atomic E-state index is 11.4. The van der Waals surface area contributed by atoms with Crippen LogP contribution in [0.3, 0.4) is 0 Å². The van der Waals surface area contributed by atoms with E-state index in [0.717, 1.165) is 10.7 Å². The van der Waals surface area contributed by atoms with Crippen LogP contribution in [0.5, 0.6) is 0 Å². The van der Waals surface area contributed by atoms with Crippen LogP contribution in [0.4, 0.5) is 5.69 Å². The predicted molar refractivity (Wildman–Crippen MR) is 58.7 cm³/mol. The van der Waals surface area contributed by atoms with Gasteiger partial charge in [-0.3, -0.25) is 9.79 Å². The summed E-state index contributed by atoms with van der Waals surface area (Å²) < 4.78 is 4.92. The number of nitrogens with zero attached hydrogens (tertiary/aromatic N) is 2. The fraction of sp³-hybridized carbons (Fsp3) is 0.300. The van der Waals surface area contributed by atoms with Gasteiger partial charge in [-0.25, -0.2) is 4.98 Å². The minimum atomic E-state index is -0.368. The van der Waals surface area contributed by atoms with Gasteiger partial charge in [0.2, 0.25) is 0 Å². The molecule has 0 radical (unpaired) electrons. The van der Waals surface area contributed by atoms with Gasteiger partial charge in [0.1, 0.15) is 10.3 Å². The highest BCUT2D eigenvalue weighted by molar-refractivity contribution is 8.01. The van der Waals surface area contributed by atoms with Crippen molar-refractivity contribution in [1.29, 1.82) is 0 Å². The monoisotopic (exact) mass is 222 g/mol. The van der Waals surface area contributed by atoms with Crippen molar-refractivity contribution in [1.82, 2.24) is 4.98 Å². The molecule has 0 aromatic carbocycles. The fourth-order valence-corrected chi connectivity index (χ4v) is 2.09. The Labute approximate surface area is 91.8 Å². The van der Waals surface area contributed by atoms with Gasteiger partial charge < -0.3 is 4.74 Å². The summed E-state index contributed by atoms with van der Waals surface area (Å²) >= 11 is 1.37. The van der Waals surface area contributed by atoms with Crippen molar-refractivity contribution in [2.24, 2.45) is 4.99 Å². The third kappa shape index (κ3) is 2.18. The van der Waals surface area contributed by atoms with Crippen molar-refractivity contribution >= 4 is 29.6 Å². The topological polar surface area (TPSA) is 51.5 Å². The summed E-state index contributed by atoms with van der Waals surface area (Å²) in [4.78, 5) is 19.8. The number of carbonyl (C=O) groups excluding carboxylic acids is 1. The lowest BCUT2D eigenvalue weighted by atomic mass is 10.4. The van der Waals surface area contributed by atoms with E-state index in [1.165, 1.54) is 11.8 Å². The normalized spacial score (nSPS) is 18.3. The molecule has 0 aliphatic carbocycles. The third-order valence-electron chi connectivity index (χ3n) is 1.86. The molecule has 0 bridgehead atoms. The molecule has 0 saturated heterocycles. The molecule has 2 heterocycles. The SMILES string of the molecule is CCOC(=O)C1C=Nc2cccnc2S1. The highest BCUT2D eigenvalue weighted by atomic mass is 32.2. The average molecular weight is 222 g/mol. The molecule has 0 saturated carbocycles. The van der Waals surface area contributed by atoms with Gasteiger partial charge in [0, 0.05) is 12.4 Å². The van der Waals surface area contributed by atoms with Crippen molar-refractivity contribution in [3.8, 4) is 0 Å². The van der Waals surface area contributed by atoms with Crippen molar-refractivity contribution in [2.75, 3.05) is 6.61 Å². The first kappa shape index (κ1) is 10.2. The molecule has 5 heteroatoms. The van der Waals surface area contributed by atoms with Crippen molar-refractivity contribution in [2.45, 2.75) is 17.2 Å². The molecule has 2 rings (SSSR count). The zero-order chi connectivity index (χ0) is 10.7. The van der Waals surface area contributed by atoms with Crippen LogP contribution < -0.4 is 0 Å². The van der Waals surface area contributed by atoms with E-state index in [2.05, 4.69) is 9.98 Å². The molecule has 0 N–H and O–H groups in total. The Morgan fingerprint density at radius 3 is 3.33 bits per heavy atom. The molecule has 1 aromatic rings. The highest BCUT2D eigenvalue weighted by Gasteiger charge is 2.24. The van der Waals surface area contributed by atoms with Crippen LogP contribution in [0.25, 0.3) is 0 Å². The lowest BCUT2D eigenvalue weighted by Gasteiger charge is -2.15. The molecule has 78 valence electrons. The molecule has 0 spiro atoms. The summed E-state index contributed by atoms with van der Waals surface area (Å²) in [6.07, 6.45) is 3.29. The second kappa shape index (κ2) is 4.44. The summed E-state index contributed by atoms with van der Waals surface area (Å²) in [6.45, 7) is 2.17. The maximum atomic E-state index is 11.4. The zero-order valence-electron chi connectivity index (χ0n) is 8.21. The fourth-order valence-electron chi connectivity index (χ4n) is 1.20. The summed E-state index contributed by atoms with van der Waals surface area (Å²) in [5.74, 6) is -0.262. The average Bonchev–Trinajstić information content (AvgIpc) is 2.29. The van der Waals surface area contributed by atoms with E-state index in [0.29, 0.717) is 6.61 Å². The minimum absolute atomic E-state index is 0.262. The molecule has 1 aromatic heterocycles. The number of pyridine rings is 1. The molecule has 1 aliphatic rings. The van der Waals surface area contributed by atoms with Crippen LogP contribution in [-0.4, -0.2) is 29.0 Å². The molecule has 1 unspecified atom stereocenters. The highest BCUT2D eigenvalue weighted by Crippen LogP contribution is 2.33. The van der Waals surface area contributed by atoms with E-state index in [1.807, 2.05) is 12.1 Å². The van der Waals surface area contributed by atoms with E-state index in [4.69, 9.17) is 4.74 Å². The molecule has 0 amide bonds. The van der Waals surface area contributed by atoms with Crippen molar-refractivity contribution < 1.29 is 9.53 Å². The maximum Gasteiger partial charge on any atom is 0.325 e. The summed E-state index contributed by atoms with van der Waals surface area (Å²) in [5, 5.41) is 0.408. The molecule has 4 nitrogen and oxygen atoms in total. The smallest absolute Gasteiger partial charge is 0.325 e. The number of esters is 1. The van der Waals surface area contributed by atoms with Crippen LogP contribution in [0, 0.1) is 0 Å². The van der Waals surface area contributed by atoms with Crippen LogP contribution in [0.15, 0.2) is 28.3 Å². The van der Waals surface area contributed by atoms with Crippen LogP contribution in [-0.2, 0) is 9.53 Å². The van der Waals surface area contributed by atoms with Crippen LogP contribution >= 0.6 is 11.8 Å². The molecular formula is C10H10N2O2S. The quantitative estimate of drug-likeness (QED) is 0.716. The number of ether oxygens (including phenoxy) is 1. The van der Waals surface area contributed by atoms with E-state index in [-0.39, 0.29) is 11.2 Å². The Morgan fingerprint density at radius 2 is 2.53 bits per heavy atom. The first-order chi connectivity index (χ1) is 7.31. The van der Waals surface area contributed by atoms with Gasteiger partial charge in [0.15, 0.2) is 0 Å². The van der Waals surface area contributed by atoms with E-state index < -0.39 is 0 Å². The minimum Gasteiger partial charge on any atom is -0.465 e. The van der Waals surface area contributed by atoms with Crippen molar-refractivity contribution in [3.63, 3.8) is 0 Å². The predicted octanol–water partition coefficient (Wildman–Crippen LogP) is 1.82. The second-order valence-electron chi connectivity index (χ2n) is 2.90. The number of rotatable bonds is 2. The number of carbonyl (C=O) groups is 1. The van der Waals surface area contributed by atoms with Crippen LogP contribution in [0.1, 0.15) is 6.92 Å². The van der Waals surface area contributed by atoms with Gasteiger partial charge in [-0.2, -0.15) is 0 Å². The summed E-state index contributed by atoms with van der Waals surface area (Å²) in [6, 6.07) is 3.69. The first-order valence-electron chi connectivity index (χ1n) is 4.63.